The molecule has 2 unspecified atom stereocenters. The molecule has 0 bridgehead atoms. The minimum atomic E-state index is 0.678. The molecule has 0 aliphatic heterocycles. The highest BCUT2D eigenvalue weighted by Crippen LogP contribution is 2.38. The van der Waals surface area contributed by atoms with Crippen LogP contribution >= 0.6 is 11.8 Å². The molecule has 1 heterocycles. The molecule has 0 radical (unpaired) electrons. The van der Waals surface area contributed by atoms with Gasteiger partial charge in [-0.15, -0.1) is 0 Å². The van der Waals surface area contributed by atoms with Crippen molar-refractivity contribution >= 4 is 11.8 Å². The zero-order valence-electron chi connectivity index (χ0n) is 11.1. The summed E-state index contributed by atoms with van der Waals surface area (Å²) in [4.78, 5) is 4.55. The minimum Gasteiger partial charge on any atom is -0.333 e. The first-order valence-electron chi connectivity index (χ1n) is 7.24. The summed E-state index contributed by atoms with van der Waals surface area (Å²) >= 11 is 2.12. The van der Waals surface area contributed by atoms with Crippen molar-refractivity contribution in [1.29, 1.82) is 0 Å². The van der Waals surface area contributed by atoms with E-state index in [2.05, 4.69) is 39.8 Å². The summed E-state index contributed by atoms with van der Waals surface area (Å²) in [5, 5.41) is 4.33. The Balaban J connectivity index is 1.60. The van der Waals surface area contributed by atoms with Crippen LogP contribution in [0.5, 0.6) is 0 Å². The van der Waals surface area contributed by atoms with Crippen molar-refractivity contribution in [2.45, 2.75) is 62.9 Å². The van der Waals surface area contributed by atoms with Crippen LogP contribution in [0.2, 0.25) is 0 Å². The van der Waals surface area contributed by atoms with E-state index in [-0.39, 0.29) is 0 Å². The van der Waals surface area contributed by atoms with E-state index in [1.54, 1.807) is 0 Å². The largest absolute Gasteiger partial charge is 0.333 e. The van der Waals surface area contributed by atoms with E-state index in [0.29, 0.717) is 6.04 Å². The Morgan fingerprint density at radius 1 is 1.39 bits per heavy atom. The molecule has 100 valence electrons. The molecule has 4 heteroatoms. The van der Waals surface area contributed by atoms with Gasteiger partial charge in [0, 0.05) is 30.1 Å². The summed E-state index contributed by atoms with van der Waals surface area (Å²) in [6.07, 6.45) is 11.1. The summed E-state index contributed by atoms with van der Waals surface area (Å²) < 4.78 is 2.37. The van der Waals surface area contributed by atoms with Crippen LogP contribution in [0.25, 0.3) is 0 Å². The van der Waals surface area contributed by atoms with Crippen molar-refractivity contribution in [3.63, 3.8) is 0 Å². The number of hydrogen-bond acceptors (Lipinski definition) is 3. The van der Waals surface area contributed by atoms with Crippen molar-refractivity contribution in [3.8, 4) is 0 Å². The molecule has 2 fully saturated rings. The Labute approximate surface area is 114 Å². The van der Waals surface area contributed by atoms with Gasteiger partial charge in [-0.25, -0.2) is 4.98 Å². The average molecular weight is 265 g/mol. The van der Waals surface area contributed by atoms with Crippen LogP contribution in [0.3, 0.4) is 0 Å². The highest BCUT2D eigenvalue weighted by Gasteiger charge is 2.28. The third kappa shape index (κ3) is 2.91. The molecule has 2 aliphatic carbocycles. The van der Waals surface area contributed by atoms with Gasteiger partial charge >= 0.3 is 0 Å². The average Bonchev–Trinajstić information content (AvgIpc) is 2.89. The fourth-order valence-electron chi connectivity index (χ4n) is 2.84. The van der Waals surface area contributed by atoms with Gasteiger partial charge in [0.25, 0.3) is 0 Å². The lowest BCUT2D eigenvalue weighted by Crippen LogP contribution is -2.16. The molecule has 2 aliphatic rings. The van der Waals surface area contributed by atoms with Crippen molar-refractivity contribution in [2.24, 2.45) is 0 Å². The van der Waals surface area contributed by atoms with Gasteiger partial charge in [0.05, 0.1) is 12.0 Å². The monoisotopic (exact) mass is 265 g/mol. The van der Waals surface area contributed by atoms with Gasteiger partial charge in [0.1, 0.15) is 0 Å². The lowest BCUT2D eigenvalue weighted by atomic mass is 10.2. The standard InChI is InChI=1S/C14H23N3S/c1-2-18-14-5-3-4-13(14)17-9-12(16-10-17)8-15-11-6-7-11/h9-11,13-15H,2-8H2,1H3. The van der Waals surface area contributed by atoms with Gasteiger partial charge in [-0.05, 0) is 31.4 Å². The SMILES string of the molecule is CCSC1CCCC1n1cnc(CNC2CC2)c1. The number of hydrogen-bond donors (Lipinski definition) is 1. The smallest absolute Gasteiger partial charge is 0.0952 e. The van der Waals surface area contributed by atoms with Crippen molar-refractivity contribution < 1.29 is 0 Å². The number of rotatable bonds is 6. The topological polar surface area (TPSA) is 29.9 Å². The van der Waals surface area contributed by atoms with E-state index in [4.69, 9.17) is 0 Å². The molecule has 1 aromatic heterocycles. The minimum absolute atomic E-state index is 0.678. The summed E-state index contributed by atoms with van der Waals surface area (Å²) in [6.45, 7) is 3.20. The number of aromatic nitrogens is 2. The van der Waals surface area contributed by atoms with Gasteiger partial charge < -0.3 is 9.88 Å². The Bertz CT molecular complexity index is 386. The van der Waals surface area contributed by atoms with Crippen LogP contribution in [0, 0.1) is 0 Å². The van der Waals surface area contributed by atoms with Crippen molar-refractivity contribution in [1.82, 2.24) is 14.9 Å². The molecule has 2 atom stereocenters. The van der Waals surface area contributed by atoms with Gasteiger partial charge in [-0.1, -0.05) is 13.3 Å². The molecule has 3 rings (SSSR count). The lowest BCUT2D eigenvalue weighted by Gasteiger charge is -2.19. The fraction of sp³-hybridized carbons (Fsp3) is 0.786. The summed E-state index contributed by atoms with van der Waals surface area (Å²) in [5.41, 5.74) is 1.20. The maximum atomic E-state index is 4.55. The van der Waals surface area contributed by atoms with E-state index >= 15 is 0 Å². The molecule has 2 saturated carbocycles. The first-order chi connectivity index (χ1) is 8.86. The van der Waals surface area contributed by atoms with E-state index in [0.717, 1.165) is 17.8 Å². The van der Waals surface area contributed by atoms with Crippen LogP contribution in [-0.2, 0) is 6.54 Å². The van der Waals surface area contributed by atoms with Gasteiger partial charge in [0.2, 0.25) is 0 Å². The number of imidazole rings is 1. The van der Waals surface area contributed by atoms with E-state index in [9.17, 15) is 0 Å². The molecule has 1 N–H and O–H groups in total. The molecule has 0 spiro atoms. The highest BCUT2D eigenvalue weighted by molar-refractivity contribution is 7.99. The van der Waals surface area contributed by atoms with Crippen LogP contribution in [0.1, 0.15) is 50.8 Å². The second-order valence-corrected chi connectivity index (χ2v) is 6.98. The van der Waals surface area contributed by atoms with Crippen LogP contribution in [-0.4, -0.2) is 26.6 Å². The van der Waals surface area contributed by atoms with E-state index < -0.39 is 0 Å². The molecule has 0 aromatic carbocycles. The zero-order chi connectivity index (χ0) is 12.4. The van der Waals surface area contributed by atoms with E-state index in [1.165, 1.54) is 43.6 Å². The summed E-state index contributed by atoms with van der Waals surface area (Å²) in [6, 6.07) is 1.45. The zero-order valence-corrected chi connectivity index (χ0v) is 12.0. The quantitative estimate of drug-likeness (QED) is 0.857. The van der Waals surface area contributed by atoms with E-state index in [1.807, 2.05) is 6.33 Å². The summed E-state index contributed by atoms with van der Waals surface area (Å²) in [5.74, 6) is 1.23. The van der Waals surface area contributed by atoms with Crippen molar-refractivity contribution in [3.05, 3.63) is 18.2 Å². The second-order valence-electron chi connectivity index (χ2n) is 5.46. The third-order valence-corrected chi connectivity index (χ3v) is 5.30. The van der Waals surface area contributed by atoms with Crippen LogP contribution in [0.15, 0.2) is 12.5 Å². The first kappa shape index (κ1) is 12.5. The maximum absolute atomic E-state index is 4.55. The number of thioether (sulfide) groups is 1. The van der Waals surface area contributed by atoms with Gasteiger partial charge in [0.15, 0.2) is 0 Å². The lowest BCUT2D eigenvalue weighted by molar-refractivity contribution is 0.527. The summed E-state index contributed by atoms with van der Waals surface area (Å²) in [7, 11) is 0. The normalized spacial score (nSPS) is 27.8. The molecule has 3 nitrogen and oxygen atoms in total. The van der Waals surface area contributed by atoms with Crippen molar-refractivity contribution in [2.75, 3.05) is 5.75 Å². The molecular weight excluding hydrogens is 242 g/mol. The van der Waals surface area contributed by atoms with Gasteiger partial charge in [-0.3, -0.25) is 0 Å². The Morgan fingerprint density at radius 3 is 3.06 bits per heavy atom. The Morgan fingerprint density at radius 2 is 2.28 bits per heavy atom. The highest BCUT2D eigenvalue weighted by atomic mass is 32.2. The first-order valence-corrected chi connectivity index (χ1v) is 8.29. The molecular formula is C14H23N3S. The molecule has 0 amide bonds. The van der Waals surface area contributed by atoms with Crippen LogP contribution in [0.4, 0.5) is 0 Å². The Kier molecular flexibility index (Phi) is 3.94. The Hall–Kier alpha value is -0.480. The second kappa shape index (κ2) is 5.66. The maximum Gasteiger partial charge on any atom is 0.0952 e. The molecule has 18 heavy (non-hydrogen) atoms. The molecule has 1 aromatic rings. The number of nitrogens with one attached hydrogen (secondary N) is 1. The predicted octanol–water partition coefficient (Wildman–Crippen LogP) is 2.98. The number of nitrogens with zero attached hydrogens (tertiary/aromatic N) is 2. The van der Waals surface area contributed by atoms with Gasteiger partial charge in [-0.2, -0.15) is 11.8 Å². The third-order valence-electron chi connectivity index (χ3n) is 3.99. The van der Waals surface area contributed by atoms with Crippen LogP contribution < -0.4 is 5.32 Å². The molecule has 0 saturated heterocycles. The predicted molar refractivity (Wildman–Crippen MR) is 76.9 cm³/mol. The fourth-order valence-corrected chi connectivity index (χ4v) is 4.10.